The number of hydrogen-bond acceptors (Lipinski definition) is 5. The van der Waals surface area contributed by atoms with Crippen LogP contribution in [-0.2, 0) is 13.1 Å². The van der Waals surface area contributed by atoms with Crippen molar-refractivity contribution in [2.45, 2.75) is 13.1 Å². The zero-order valence-corrected chi connectivity index (χ0v) is 11.3. The first-order valence-electron chi connectivity index (χ1n) is 6.60. The lowest BCUT2D eigenvalue weighted by Crippen LogP contribution is -2.05. The van der Waals surface area contributed by atoms with E-state index in [2.05, 4.69) is 15.5 Å². The first-order valence-corrected chi connectivity index (χ1v) is 6.60. The van der Waals surface area contributed by atoms with E-state index in [1.165, 1.54) is 0 Å². The molecule has 0 radical (unpaired) electrons. The number of aromatic hydroxyl groups is 1. The fraction of sp³-hybridized carbons (Fsp3) is 0.133. The zero-order valence-electron chi connectivity index (χ0n) is 11.3. The maximum Gasteiger partial charge on any atom is 0.182 e. The van der Waals surface area contributed by atoms with Crippen LogP contribution in [-0.4, -0.2) is 25.3 Å². The van der Waals surface area contributed by atoms with E-state index in [4.69, 9.17) is 5.73 Å². The number of phenols is 1. The van der Waals surface area contributed by atoms with Crippen molar-refractivity contribution in [2.24, 2.45) is 5.73 Å². The minimum Gasteiger partial charge on any atom is -0.508 e. The number of nitrogens with zero attached hydrogens (tertiary/aromatic N) is 4. The Kier molecular flexibility index (Phi) is 3.61. The van der Waals surface area contributed by atoms with E-state index >= 15 is 0 Å². The van der Waals surface area contributed by atoms with Crippen LogP contribution >= 0.6 is 0 Å². The van der Waals surface area contributed by atoms with Gasteiger partial charge in [0.05, 0.1) is 6.54 Å². The van der Waals surface area contributed by atoms with Gasteiger partial charge in [0.2, 0.25) is 0 Å². The van der Waals surface area contributed by atoms with Gasteiger partial charge in [-0.15, -0.1) is 5.10 Å². The number of tetrazole rings is 1. The minimum absolute atomic E-state index is 0.218. The number of nitrogens with two attached hydrogens (primary N) is 1. The van der Waals surface area contributed by atoms with Crippen LogP contribution in [0.25, 0.3) is 11.4 Å². The summed E-state index contributed by atoms with van der Waals surface area (Å²) in [6, 6.07) is 14.8. The fourth-order valence-electron chi connectivity index (χ4n) is 2.08. The summed E-state index contributed by atoms with van der Waals surface area (Å²) in [7, 11) is 0. The number of rotatable bonds is 4. The molecule has 1 heterocycles. The minimum atomic E-state index is 0.218. The van der Waals surface area contributed by atoms with Crippen LogP contribution in [0.1, 0.15) is 11.1 Å². The Morgan fingerprint density at radius 1 is 0.952 bits per heavy atom. The second kappa shape index (κ2) is 5.72. The molecule has 0 atom stereocenters. The van der Waals surface area contributed by atoms with Crippen LogP contribution in [0, 0.1) is 0 Å². The van der Waals surface area contributed by atoms with E-state index in [1.54, 1.807) is 28.9 Å². The van der Waals surface area contributed by atoms with Crippen LogP contribution in [0.15, 0.2) is 48.5 Å². The lowest BCUT2D eigenvalue weighted by molar-refractivity contribution is 0.475. The second-order valence-corrected chi connectivity index (χ2v) is 4.73. The van der Waals surface area contributed by atoms with Gasteiger partial charge in [-0.05, 0) is 45.8 Å². The smallest absolute Gasteiger partial charge is 0.182 e. The summed E-state index contributed by atoms with van der Waals surface area (Å²) in [5.74, 6) is 0.882. The Labute approximate surface area is 121 Å². The first-order chi connectivity index (χ1) is 10.3. The molecule has 0 saturated heterocycles. The number of benzene rings is 2. The average molecular weight is 281 g/mol. The van der Waals surface area contributed by atoms with Gasteiger partial charge in [0.25, 0.3) is 0 Å². The van der Waals surface area contributed by atoms with Crippen molar-refractivity contribution in [2.75, 3.05) is 0 Å². The van der Waals surface area contributed by atoms with Crippen LogP contribution in [0.2, 0.25) is 0 Å². The van der Waals surface area contributed by atoms with Gasteiger partial charge in [0.15, 0.2) is 5.82 Å². The molecule has 0 amide bonds. The van der Waals surface area contributed by atoms with Crippen molar-refractivity contribution in [1.29, 1.82) is 0 Å². The molecule has 6 nitrogen and oxygen atoms in total. The molecule has 106 valence electrons. The predicted molar refractivity (Wildman–Crippen MR) is 78.4 cm³/mol. The Morgan fingerprint density at radius 3 is 2.29 bits per heavy atom. The number of hydrogen-bond donors (Lipinski definition) is 2. The monoisotopic (exact) mass is 281 g/mol. The zero-order chi connectivity index (χ0) is 14.7. The molecular weight excluding hydrogens is 266 g/mol. The third-order valence-electron chi connectivity index (χ3n) is 3.25. The molecule has 0 spiro atoms. The topological polar surface area (TPSA) is 89.9 Å². The molecule has 21 heavy (non-hydrogen) atoms. The molecule has 3 N–H and O–H groups in total. The molecule has 0 fully saturated rings. The Morgan fingerprint density at radius 2 is 1.62 bits per heavy atom. The maximum absolute atomic E-state index is 9.34. The van der Waals surface area contributed by atoms with Gasteiger partial charge < -0.3 is 10.8 Å². The van der Waals surface area contributed by atoms with Crippen molar-refractivity contribution in [3.63, 3.8) is 0 Å². The molecule has 0 bridgehead atoms. The van der Waals surface area contributed by atoms with Crippen molar-refractivity contribution < 1.29 is 5.11 Å². The van der Waals surface area contributed by atoms with Crippen LogP contribution in [0.5, 0.6) is 5.75 Å². The molecule has 2 aromatic carbocycles. The Balaban J connectivity index is 1.86. The standard InChI is InChI=1S/C15H15N5O/c16-9-11-1-3-12(4-2-11)10-20-15(17-18-19-20)13-5-7-14(21)8-6-13/h1-8,21H,9-10,16H2. The molecule has 0 saturated carbocycles. The summed E-state index contributed by atoms with van der Waals surface area (Å²) in [5.41, 5.74) is 8.64. The SMILES string of the molecule is NCc1ccc(Cn2nnnc2-c2ccc(O)cc2)cc1. The normalized spacial score (nSPS) is 10.7. The van der Waals surface area contributed by atoms with E-state index < -0.39 is 0 Å². The van der Waals surface area contributed by atoms with E-state index in [1.807, 2.05) is 24.3 Å². The molecule has 3 aromatic rings. The second-order valence-electron chi connectivity index (χ2n) is 4.73. The Bertz CT molecular complexity index is 719. The third-order valence-corrected chi connectivity index (χ3v) is 3.25. The molecule has 0 aliphatic carbocycles. The quantitative estimate of drug-likeness (QED) is 0.757. The molecule has 1 aromatic heterocycles. The largest absolute Gasteiger partial charge is 0.508 e. The highest BCUT2D eigenvalue weighted by Gasteiger charge is 2.09. The van der Waals surface area contributed by atoms with Gasteiger partial charge in [-0.1, -0.05) is 24.3 Å². The fourth-order valence-corrected chi connectivity index (χ4v) is 2.08. The molecule has 0 aliphatic rings. The van der Waals surface area contributed by atoms with Gasteiger partial charge in [-0.2, -0.15) is 0 Å². The van der Waals surface area contributed by atoms with E-state index in [0.29, 0.717) is 18.9 Å². The highest BCUT2D eigenvalue weighted by molar-refractivity contribution is 5.55. The van der Waals surface area contributed by atoms with Gasteiger partial charge in [-0.3, -0.25) is 0 Å². The van der Waals surface area contributed by atoms with Crippen LogP contribution in [0.3, 0.4) is 0 Å². The lowest BCUT2D eigenvalue weighted by atomic mass is 10.1. The summed E-state index contributed by atoms with van der Waals surface area (Å²) in [4.78, 5) is 0. The Hall–Kier alpha value is -2.73. The maximum atomic E-state index is 9.34. The van der Waals surface area contributed by atoms with Crippen molar-refractivity contribution in [1.82, 2.24) is 20.2 Å². The van der Waals surface area contributed by atoms with Crippen LogP contribution < -0.4 is 5.73 Å². The summed E-state index contributed by atoms with van der Waals surface area (Å²) in [5, 5.41) is 21.1. The number of aromatic nitrogens is 4. The molecule has 0 aliphatic heterocycles. The summed E-state index contributed by atoms with van der Waals surface area (Å²) in [6.07, 6.45) is 0. The molecule has 3 rings (SSSR count). The first kappa shape index (κ1) is 13.3. The van der Waals surface area contributed by atoms with Crippen molar-refractivity contribution >= 4 is 0 Å². The average Bonchev–Trinajstić information content (AvgIpc) is 2.97. The molecule has 0 unspecified atom stereocenters. The molecular formula is C15H15N5O. The summed E-state index contributed by atoms with van der Waals surface area (Å²) < 4.78 is 1.73. The lowest BCUT2D eigenvalue weighted by Gasteiger charge is -2.06. The highest BCUT2D eigenvalue weighted by Crippen LogP contribution is 2.19. The van der Waals surface area contributed by atoms with Crippen LogP contribution in [0.4, 0.5) is 0 Å². The van der Waals surface area contributed by atoms with Gasteiger partial charge >= 0.3 is 0 Å². The highest BCUT2D eigenvalue weighted by atomic mass is 16.3. The third kappa shape index (κ3) is 2.90. The van der Waals surface area contributed by atoms with E-state index in [-0.39, 0.29) is 5.75 Å². The van der Waals surface area contributed by atoms with Gasteiger partial charge in [0.1, 0.15) is 5.75 Å². The van der Waals surface area contributed by atoms with Gasteiger partial charge in [0, 0.05) is 12.1 Å². The molecule has 6 heteroatoms. The number of phenolic OH excluding ortho intramolecular Hbond substituents is 1. The van der Waals surface area contributed by atoms with Crippen molar-refractivity contribution in [3.05, 3.63) is 59.7 Å². The predicted octanol–water partition coefficient (Wildman–Crippen LogP) is 1.55. The van der Waals surface area contributed by atoms with E-state index in [0.717, 1.165) is 16.7 Å². The summed E-state index contributed by atoms with van der Waals surface area (Å²) >= 11 is 0. The van der Waals surface area contributed by atoms with Crippen molar-refractivity contribution in [3.8, 4) is 17.1 Å². The van der Waals surface area contributed by atoms with E-state index in [9.17, 15) is 5.11 Å². The summed E-state index contributed by atoms with van der Waals surface area (Å²) in [6.45, 7) is 1.11. The van der Waals surface area contributed by atoms with Gasteiger partial charge in [-0.25, -0.2) is 4.68 Å².